The second-order valence-corrected chi connectivity index (χ2v) is 4.31. The molecule has 11 heavy (non-hydrogen) atoms. The maximum Gasteiger partial charge on any atom is 0.144 e. The van der Waals surface area contributed by atoms with E-state index in [4.69, 9.17) is 0 Å². The first-order valence-electron chi connectivity index (χ1n) is 4.71. The first-order valence-corrected chi connectivity index (χ1v) is 5.16. The van der Waals surface area contributed by atoms with Gasteiger partial charge in [0.2, 0.25) is 0 Å². The molecule has 1 fully saturated rings. The summed E-state index contributed by atoms with van der Waals surface area (Å²) in [5.41, 5.74) is 0. The Kier molecular flexibility index (Phi) is 3.59. The molecule has 0 saturated heterocycles. The molecule has 0 unspecified atom stereocenters. The van der Waals surface area contributed by atoms with Gasteiger partial charge < -0.3 is 4.57 Å². The lowest BCUT2D eigenvalue weighted by molar-refractivity contribution is 0.228. The summed E-state index contributed by atoms with van der Waals surface area (Å²) >= 11 is 0. The van der Waals surface area contributed by atoms with Crippen molar-refractivity contribution in [3.63, 3.8) is 0 Å². The van der Waals surface area contributed by atoms with E-state index in [2.05, 4.69) is 28.8 Å². The second kappa shape index (κ2) is 4.26. The minimum absolute atomic E-state index is 0.634. The molecule has 1 aliphatic rings. The average Bonchev–Trinajstić information content (AvgIpc) is 2.05. The fraction of sp³-hybridized carbons (Fsp3) is 1.00. The highest BCUT2D eigenvalue weighted by Gasteiger charge is 2.19. The van der Waals surface area contributed by atoms with Gasteiger partial charge in [-0.3, -0.25) is 0 Å². The lowest BCUT2D eigenvalue weighted by atomic mass is 9.95. The fourth-order valence-corrected chi connectivity index (χ4v) is 2.04. The molecule has 3 radical (unpaired) electrons. The lowest BCUT2D eigenvalue weighted by Crippen LogP contribution is -2.39. The van der Waals surface area contributed by atoms with Crippen LogP contribution in [0.25, 0.3) is 0 Å². The quantitative estimate of drug-likeness (QED) is 0.571. The maximum atomic E-state index is 3.69. The van der Waals surface area contributed by atoms with Gasteiger partial charge in [0.1, 0.15) is 10.4 Å². The molecule has 2 heteroatoms. The molecule has 1 saturated carbocycles. The topological polar surface area (TPSA) is 3.24 Å². The summed E-state index contributed by atoms with van der Waals surface area (Å²) in [6.07, 6.45) is 7.02. The van der Waals surface area contributed by atoms with E-state index in [1.807, 2.05) is 0 Å². The number of hydrogen-bond donors (Lipinski definition) is 0. The molecule has 1 aliphatic carbocycles. The van der Waals surface area contributed by atoms with Crippen LogP contribution in [0.2, 0.25) is 0 Å². The van der Waals surface area contributed by atoms with Crippen molar-refractivity contribution in [2.45, 2.75) is 58.0 Å². The van der Waals surface area contributed by atoms with Crippen LogP contribution in [0.4, 0.5) is 0 Å². The van der Waals surface area contributed by atoms with Crippen LogP contribution >= 0.6 is 0 Å². The SMILES string of the molecule is CC(C)N([Si])C1CCCCC1. The van der Waals surface area contributed by atoms with Crippen LogP contribution in [0, 0.1) is 0 Å². The molecule has 0 atom stereocenters. The highest BCUT2D eigenvalue weighted by Crippen LogP contribution is 2.22. The van der Waals surface area contributed by atoms with Crippen LogP contribution in [0.3, 0.4) is 0 Å². The second-order valence-electron chi connectivity index (χ2n) is 3.79. The van der Waals surface area contributed by atoms with E-state index in [9.17, 15) is 0 Å². The van der Waals surface area contributed by atoms with Crippen LogP contribution in [-0.4, -0.2) is 27.1 Å². The van der Waals surface area contributed by atoms with Crippen molar-refractivity contribution in [1.82, 2.24) is 4.57 Å². The molecule has 1 rings (SSSR count). The Balaban J connectivity index is 2.32. The molecule has 0 aliphatic heterocycles. The van der Waals surface area contributed by atoms with Gasteiger partial charge in [0, 0.05) is 6.04 Å². The summed E-state index contributed by atoms with van der Waals surface area (Å²) in [7, 11) is 3.69. The highest BCUT2D eigenvalue weighted by atomic mass is 28.2. The number of rotatable bonds is 2. The molecule has 0 N–H and O–H groups in total. The smallest absolute Gasteiger partial charge is 0.144 e. The zero-order valence-electron chi connectivity index (χ0n) is 7.64. The monoisotopic (exact) mass is 168 g/mol. The van der Waals surface area contributed by atoms with Gasteiger partial charge in [0.15, 0.2) is 0 Å². The fourth-order valence-electron chi connectivity index (χ4n) is 1.78. The molecule has 0 aromatic heterocycles. The molecule has 0 heterocycles. The molecule has 0 aromatic carbocycles. The van der Waals surface area contributed by atoms with Crippen LogP contribution in [-0.2, 0) is 0 Å². The van der Waals surface area contributed by atoms with Gasteiger partial charge in [0.05, 0.1) is 0 Å². The summed E-state index contributed by atoms with van der Waals surface area (Å²) in [6, 6.07) is 1.43. The van der Waals surface area contributed by atoms with Gasteiger partial charge in [-0.05, 0) is 18.9 Å². The Bertz CT molecular complexity index is 108. The number of nitrogens with zero attached hydrogens (tertiary/aromatic N) is 1. The molecule has 0 amide bonds. The Morgan fingerprint density at radius 1 is 1.18 bits per heavy atom. The zero-order chi connectivity index (χ0) is 8.27. The van der Waals surface area contributed by atoms with Crippen molar-refractivity contribution < 1.29 is 0 Å². The zero-order valence-corrected chi connectivity index (χ0v) is 8.64. The summed E-state index contributed by atoms with van der Waals surface area (Å²) < 4.78 is 2.33. The Hall–Kier alpha value is 0.177. The lowest BCUT2D eigenvalue weighted by Gasteiger charge is -2.34. The predicted octanol–water partition coefficient (Wildman–Crippen LogP) is 2.11. The third kappa shape index (κ3) is 2.60. The number of hydrogen-bond acceptors (Lipinski definition) is 1. The van der Waals surface area contributed by atoms with Crippen LogP contribution < -0.4 is 0 Å². The molecule has 0 spiro atoms. The molecule has 63 valence electrons. The van der Waals surface area contributed by atoms with E-state index >= 15 is 0 Å². The Morgan fingerprint density at radius 2 is 1.73 bits per heavy atom. The van der Waals surface area contributed by atoms with Gasteiger partial charge in [-0.1, -0.05) is 33.1 Å². The van der Waals surface area contributed by atoms with Crippen LogP contribution in [0.15, 0.2) is 0 Å². The van der Waals surface area contributed by atoms with E-state index in [1.165, 1.54) is 32.1 Å². The van der Waals surface area contributed by atoms with Gasteiger partial charge in [-0.25, -0.2) is 0 Å². The summed E-state index contributed by atoms with van der Waals surface area (Å²) in [5, 5.41) is 0. The van der Waals surface area contributed by atoms with Gasteiger partial charge >= 0.3 is 0 Å². The van der Waals surface area contributed by atoms with Crippen molar-refractivity contribution in [3.8, 4) is 0 Å². The van der Waals surface area contributed by atoms with E-state index in [0.717, 1.165) is 6.04 Å². The van der Waals surface area contributed by atoms with Crippen molar-refractivity contribution in [3.05, 3.63) is 0 Å². The molecule has 0 bridgehead atoms. The van der Waals surface area contributed by atoms with Crippen molar-refractivity contribution >= 4 is 10.4 Å². The molecular weight excluding hydrogens is 150 g/mol. The van der Waals surface area contributed by atoms with Crippen LogP contribution in [0.5, 0.6) is 0 Å². The first kappa shape index (κ1) is 9.27. The third-order valence-corrected chi connectivity index (χ3v) is 3.41. The van der Waals surface area contributed by atoms with E-state index in [0.29, 0.717) is 6.04 Å². The van der Waals surface area contributed by atoms with Gasteiger partial charge in [-0.15, -0.1) is 0 Å². The first-order chi connectivity index (χ1) is 5.22. The summed E-state index contributed by atoms with van der Waals surface area (Å²) in [5.74, 6) is 0. The van der Waals surface area contributed by atoms with Crippen molar-refractivity contribution in [1.29, 1.82) is 0 Å². The Morgan fingerprint density at radius 3 is 2.18 bits per heavy atom. The largest absolute Gasteiger partial charge is 0.322 e. The predicted molar refractivity (Wildman–Crippen MR) is 49.6 cm³/mol. The minimum Gasteiger partial charge on any atom is -0.322 e. The van der Waals surface area contributed by atoms with E-state index < -0.39 is 0 Å². The summed E-state index contributed by atoms with van der Waals surface area (Å²) in [4.78, 5) is 0. The van der Waals surface area contributed by atoms with Gasteiger partial charge in [-0.2, -0.15) is 0 Å². The third-order valence-electron chi connectivity index (χ3n) is 2.52. The molecule has 1 nitrogen and oxygen atoms in total. The van der Waals surface area contributed by atoms with Gasteiger partial charge in [0.25, 0.3) is 0 Å². The van der Waals surface area contributed by atoms with Crippen molar-refractivity contribution in [2.24, 2.45) is 0 Å². The van der Waals surface area contributed by atoms with Crippen molar-refractivity contribution in [2.75, 3.05) is 0 Å². The summed E-state index contributed by atoms with van der Waals surface area (Å²) in [6.45, 7) is 4.48. The normalized spacial score (nSPS) is 21.5. The average molecular weight is 168 g/mol. The minimum atomic E-state index is 0.634. The van der Waals surface area contributed by atoms with Crippen LogP contribution in [0.1, 0.15) is 46.0 Å². The standard InChI is InChI=1S/C9H18NSi/c1-8(2)10(11)9-6-4-3-5-7-9/h8-9H,3-7H2,1-2H3. The Labute approximate surface area is 73.7 Å². The van der Waals surface area contributed by atoms with E-state index in [-0.39, 0.29) is 0 Å². The molecular formula is C9H18NSi. The van der Waals surface area contributed by atoms with E-state index in [1.54, 1.807) is 0 Å². The highest BCUT2D eigenvalue weighted by molar-refractivity contribution is 6.04. The maximum absolute atomic E-state index is 3.69. The molecule has 0 aromatic rings.